The van der Waals surface area contributed by atoms with Gasteiger partial charge in [-0.05, 0) is 13.8 Å². The summed E-state index contributed by atoms with van der Waals surface area (Å²) in [6.07, 6.45) is 0. The first-order valence-electron chi connectivity index (χ1n) is 3.52. The van der Waals surface area contributed by atoms with Crippen LogP contribution in [0.25, 0.3) is 0 Å². The van der Waals surface area contributed by atoms with Gasteiger partial charge in [-0.25, -0.2) is 4.99 Å². The standard InChI is InChI=1S/C7H13N3O/c1-7(2)8-5(10(3)4)6(11)9-7/h1-4H3,(H,9,11). The molecule has 1 amide bonds. The van der Waals surface area contributed by atoms with Crippen LogP contribution in [0.2, 0.25) is 0 Å². The zero-order valence-electron chi connectivity index (χ0n) is 7.30. The molecule has 0 unspecified atom stereocenters. The minimum absolute atomic E-state index is 0.0972. The van der Waals surface area contributed by atoms with Crippen molar-refractivity contribution in [1.82, 2.24) is 10.2 Å². The van der Waals surface area contributed by atoms with E-state index >= 15 is 0 Å². The van der Waals surface area contributed by atoms with Gasteiger partial charge in [-0.1, -0.05) is 0 Å². The van der Waals surface area contributed by atoms with Crippen LogP contribution < -0.4 is 5.32 Å². The molecule has 1 aliphatic heterocycles. The van der Waals surface area contributed by atoms with Crippen molar-refractivity contribution in [1.29, 1.82) is 0 Å². The Morgan fingerprint density at radius 3 is 2.18 bits per heavy atom. The summed E-state index contributed by atoms with van der Waals surface area (Å²) in [6, 6.07) is 0. The third kappa shape index (κ3) is 1.50. The number of aliphatic imine (C=N–C) groups is 1. The summed E-state index contributed by atoms with van der Waals surface area (Å²) in [5.41, 5.74) is -0.434. The van der Waals surface area contributed by atoms with E-state index in [-0.39, 0.29) is 5.91 Å². The van der Waals surface area contributed by atoms with Crippen LogP contribution >= 0.6 is 0 Å². The van der Waals surface area contributed by atoms with E-state index in [2.05, 4.69) is 10.3 Å². The van der Waals surface area contributed by atoms with Gasteiger partial charge in [0.1, 0.15) is 5.66 Å². The minimum atomic E-state index is -0.434. The molecule has 4 heteroatoms. The van der Waals surface area contributed by atoms with E-state index in [4.69, 9.17) is 0 Å². The minimum Gasteiger partial charge on any atom is -0.358 e. The van der Waals surface area contributed by atoms with Gasteiger partial charge in [0.25, 0.3) is 5.91 Å². The highest BCUT2D eigenvalue weighted by atomic mass is 16.2. The smallest absolute Gasteiger partial charge is 0.288 e. The highest BCUT2D eigenvalue weighted by molar-refractivity contribution is 6.39. The van der Waals surface area contributed by atoms with E-state index in [1.807, 2.05) is 13.8 Å². The van der Waals surface area contributed by atoms with Gasteiger partial charge in [-0.15, -0.1) is 0 Å². The monoisotopic (exact) mass is 155 g/mol. The highest BCUT2D eigenvalue weighted by Gasteiger charge is 2.31. The quantitative estimate of drug-likeness (QED) is 0.527. The van der Waals surface area contributed by atoms with E-state index in [9.17, 15) is 4.79 Å². The Kier molecular flexibility index (Phi) is 1.62. The summed E-state index contributed by atoms with van der Waals surface area (Å²) < 4.78 is 0. The van der Waals surface area contributed by atoms with Gasteiger partial charge >= 0.3 is 0 Å². The maximum absolute atomic E-state index is 11.1. The maximum atomic E-state index is 11.1. The fourth-order valence-electron chi connectivity index (χ4n) is 0.980. The number of amides is 1. The number of carbonyl (C=O) groups excluding carboxylic acids is 1. The number of rotatable bonds is 0. The lowest BCUT2D eigenvalue weighted by molar-refractivity contribution is -0.115. The number of hydrogen-bond donors (Lipinski definition) is 1. The van der Waals surface area contributed by atoms with Gasteiger partial charge in [-0.2, -0.15) is 0 Å². The Labute approximate surface area is 66.3 Å². The van der Waals surface area contributed by atoms with Crippen LogP contribution in [0.1, 0.15) is 13.8 Å². The predicted molar refractivity (Wildman–Crippen MR) is 43.3 cm³/mol. The fourth-order valence-corrected chi connectivity index (χ4v) is 0.980. The molecule has 62 valence electrons. The third-order valence-electron chi connectivity index (χ3n) is 1.43. The summed E-state index contributed by atoms with van der Waals surface area (Å²) in [6.45, 7) is 3.72. The second-order valence-electron chi connectivity index (χ2n) is 3.34. The van der Waals surface area contributed by atoms with Gasteiger partial charge in [0.15, 0.2) is 5.84 Å². The molecule has 0 spiro atoms. The van der Waals surface area contributed by atoms with Crippen LogP contribution in [0.15, 0.2) is 4.99 Å². The van der Waals surface area contributed by atoms with E-state index in [0.29, 0.717) is 5.84 Å². The van der Waals surface area contributed by atoms with Crippen molar-refractivity contribution in [2.75, 3.05) is 14.1 Å². The number of hydrogen-bond acceptors (Lipinski definition) is 3. The van der Waals surface area contributed by atoms with Gasteiger partial charge in [0.2, 0.25) is 0 Å². The van der Waals surface area contributed by atoms with Crippen molar-refractivity contribution in [2.24, 2.45) is 4.99 Å². The van der Waals surface area contributed by atoms with Crippen molar-refractivity contribution >= 4 is 11.7 Å². The van der Waals surface area contributed by atoms with Crippen molar-refractivity contribution in [3.05, 3.63) is 0 Å². The topological polar surface area (TPSA) is 44.7 Å². The second kappa shape index (κ2) is 2.22. The normalized spacial score (nSPS) is 21.1. The molecule has 0 aliphatic carbocycles. The maximum Gasteiger partial charge on any atom is 0.288 e. The highest BCUT2D eigenvalue weighted by Crippen LogP contribution is 2.11. The molecule has 0 aromatic rings. The summed E-state index contributed by atoms with van der Waals surface area (Å²) in [4.78, 5) is 17.0. The molecule has 0 fully saturated rings. The number of nitrogens with one attached hydrogen (secondary N) is 1. The Morgan fingerprint density at radius 1 is 1.45 bits per heavy atom. The molecule has 0 saturated heterocycles. The molecular formula is C7H13N3O. The van der Waals surface area contributed by atoms with Crippen LogP contribution in [0, 0.1) is 0 Å². The first-order valence-corrected chi connectivity index (χ1v) is 3.52. The van der Waals surface area contributed by atoms with Gasteiger partial charge in [0.05, 0.1) is 0 Å². The SMILES string of the molecule is CN(C)C1=NC(C)(C)NC1=O. The largest absolute Gasteiger partial charge is 0.358 e. The number of carbonyl (C=O) groups is 1. The van der Waals surface area contributed by atoms with Gasteiger partial charge in [0, 0.05) is 14.1 Å². The van der Waals surface area contributed by atoms with E-state index < -0.39 is 5.66 Å². The van der Waals surface area contributed by atoms with Crippen LogP contribution in [0.3, 0.4) is 0 Å². The predicted octanol–water partition coefficient (Wildman–Crippen LogP) is -0.188. The van der Waals surface area contributed by atoms with Crippen molar-refractivity contribution in [2.45, 2.75) is 19.5 Å². The summed E-state index contributed by atoms with van der Waals surface area (Å²) in [5, 5.41) is 2.74. The molecule has 11 heavy (non-hydrogen) atoms. The Morgan fingerprint density at radius 2 is 2.00 bits per heavy atom. The molecule has 1 aliphatic rings. The van der Waals surface area contributed by atoms with Crippen LogP contribution in [-0.2, 0) is 4.79 Å². The number of amidine groups is 1. The molecule has 4 nitrogen and oxygen atoms in total. The lowest BCUT2D eigenvalue weighted by atomic mass is 10.3. The molecule has 1 N–H and O–H groups in total. The second-order valence-corrected chi connectivity index (χ2v) is 3.34. The van der Waals surface area contributed by atoms with E-state index in [1.54, 1.807) is 19.0 Å². The molecular weight excluding hydrogens is 142 g/mol. The van der Waals surface area contributed by atoms with Crippen LogP contribution in [-0.4, -0.2) is 36.4 Å². The number of nitrogens with zero attached hydrogens (tertiary/aromatic N) is 2. The molecule has 0 radical (unpaired) electrons. The molecule has 0 aromatic heterocycles. The molecule has 0 saturated carbocycles. The summed E-state index contributed by atoms with van der Waals surface area (Å²) >= 11 is 0. The Balaban J connectivity index is 2.88. The zero-order valence-corrected chi connectivity index (χ0v) is 7.30. The van der Waals surface area contributed by atoms with Crippen molar-refractivity contribution < 1.29 is 4.79 Å². The molecule has 0 bridgehead atoms. The molecule has 1 rings (SSSR count). The molecule has 1 heterocycles. The fraction of sp³-hybridized carbons (Fsp3) is 0.714. The summed E-state index contributed by atoms with van der Waals surface area (Å²) in [7, 11) is 3.61. The molecule has 0 atom stereocenters. The van der Waals surface area contributed by atoms with E-state index in [1.165, 1.54) is 0 Å². The zero-order chi connectivity index (χ0) is 8.65. The summed E-state index contributed by atoms with van der Waals surface area (Å²) in [5.74, 6) is 0.398. The third-order valence-corrected chi connectivity index (χ3v) is 1.43. The van der Waals surface area contributed by atoms with Crippen molar-refractivity contribution in [3.8, 4) is 0 Å². The van der Waals surface area contributed by atoms with Crippen LogP contribution in [0.4, 0.5) is 0 Å². The Hall–Kier alpha value is -1.06. The average Bonchev–Trinajstić information content (AvgIpc) is 2.05. The van der Waals surface area contributed by atoms with Gasteiger partial charge < -0.3 is 10.2 Å². The lowest BCUT2D eigenvalue weighted by Crippen LogP contribution is -2.39. The Bertz CT molecular complexity index is 218. The first kappa shape index (κ1) is 8.04. The van der Waals surface area contributed by atoms with Crippen LogP contribution in [0.5, 0.6) is 0 Å². The van der Waals surface area contributed by atoms with Crippen molar-refractivity contribution in [3.63, 3.8) is 0 Å². The molecule has 0 aromatic carbocycles. The lowest BCUT2D eigenvalue weighted by Gasteiger charge is -2.12. The first-order chi connectivity index (χ1) is 4.92. The average molecular weight is 155 g/mol. The van der Waals surface area contributed by atoms with Gasteiger partial charge in [-0.3, -0.25) is 4.79 Å². The van der Waals surface area contributed by atoms with E-state index in [0.717, 1.165) is 0 Å². The number of likely N-dealkylation sites (N-methyl/N-ethyl adjacent to an activating group) is 1.